The van der Waals surface area contributed by atoms with Crippen LogP contribution in [-0.4, -0.2) is 49.7 Å². The summed E-state index contributed by atoms with van der Waals surface area (Å²) in [4.78, 5) is 13.7. The van der Waals surface area contributed by atoms with Gasteiger partial charge in [-0.1, -0.05) is 6.92 Å². The number of ether oxygens (including phenoxy) is 1. The van der Waals surface area contributed by atoms with E-state index in [2.05, 4.69) is 19.2 Å². The summed E-state index contributed by atoms with van der Waals surface area (Å²) < 4.78 is 5.63. The Hall–Kier alpha value is -0.610. The van der Waals surface area contributed by atoms with E-state index >= 15 is 0 Å². The first-order chi connectivity index (χ1) is 8.13. The van der Waals surface area contributed by atoms with Crippen LogP contribution in [0.25, 0.3) is 0 Å². The summed E-state index contributed by atoms with van der Waals surface area (Å²) in [6, 6.07) is 0. The van der Waals surface area contributed by atoms with Gasteiger partial charge in [-0.2, -0.15) is 0 Å². The number of hydrogen-bond donors (Lipinski definition) is 1. The lowest BCUT2D eigenvalue weighted by molar-refractivity contribution is -0.132. The van der Waals surface area contributed by atoms with E-state index in [0.29, 0.717) is 18.6 Å². The SMILES string of the molecule is CCNCC(=O)N1CCC(COC(C)C)CC1. The molecule has 1 rings (SSSR count). The molecule has 0 aromatic heterocycles. The largest absolute Gasteiger partial charge is 0.379 e. The van der Waals surface area contributed by atoms with Gasteiger partial charge in [0.1, 0.15) is 0 Å². The average molecular weight is 242 g/mol. The highest BCUT2D eigenvalue weighted by atomic mass is 16.5. The second-order valence-electron chi connectivity index (χ2n) is 4.99. The lowest BCUT2D eigenvalue weighted by Crippen LogP contribution is -2.43. The fourth-order valence-corrected chi connectivity index (χ4v) is 2.02. The summed E-state index contributed by atoms with van der Waals surface area (Å²) >= 11 is 0. The van der Waals surface area contributed by atoms with Crippen LogP contribution in [0.1, 0.15) is 33.6 Å². The third kappa shape index (κ3) is 5.50. The number of carbonyl (C=O) groups is 1. The Morgan fingerprint density at radius 3 is 2.59 bits per heavy atom. The molecule has 1 aliphatic rings. The second kappa shape index (κ2) is 7.67. The van der Waals surface area contributed by atoms with Gasteiger partial charge < -0.3 is 15.0 Å². The second-order valence-corrected chi connectivity index (χ2v) is 4.99. The van der Waals surface area contributed by atoms with Gasteiger partial charge in [-0.05, 0) is 39.2 Å². The number of likely N-dealkylation sites (N-methyl/N-ethyl adjacent to an activating group) is 1. The van der Waals surface area contributed by atoms with E-state index < -0.39 is 0 Å². The Labute approximate surface area is 105 Å². The molecule has 1 N–H and O–H groups in total. The van der Waals surface area contributed by atoms with Crippen molar-refractivity contribution in [3.8, 4) is 0 Å². The lowest BCUT2D eigenvalue weighted by Gasteiger charge is -2.32. The molecule has 0 bridgehead atoms. The molecule has 1 aliphatic heterocycles. The number of carbonyl (C=O) groups excluding carboxylic acids is 1. The summed E-state index contributed by atoms with van der Waals surface area (Å²) in [7, 11) is 0. The van der Waals surface area contributed by atoms with E-state index in [4.69, 9.17) is 4.74 Å². The highest BCUT2D eigenvalue weighted by Gasteiger charge is 2.22. The molecular weight excluding hydrogens is 216 g/mol. The molecule has 0 aromatic carbocycles. The number of likely N-dealkylation sites (tertiary alicyclic amines) is 1. The summed E-state index contributed by atoms with van der Waals surface area (Å²) in [5.41, 5.74) is 0. The van der Waals surface area contributed by atoms with Crippen molar-refractivity contribution < 1.29 is 9.53 Å². The van der Waals surface area contributed by atoms with E-state index in [9.17, 15) is 4.79 Å². The smallest absolute Gasteiger partial charge is 0.236 e. The van der Waals surface area contributed by atoms with E-state index in [-0.39, 0.29) is 5.91 Å². The maximum Gasteiger partial charge on any atom is 0.236 e. The zero-order valence-corrected chi connectivity index (χ0v) is 11.4. The predicted octanol–water partition coefficient (Wildman–Crippen LogP) is 1.26. The Bertz CT molecular complexity index is 223. The zero-order chi connectivity index (χ0) is 12.7. The number of nitrogens with one attached hydrogen (secondary N) is 1. The van der Waals surface area contributed by atoms with Crippen LogP contribution in [0.3, 0.4) is 0 Å². The van der Waals surface area contributed by atoms with Crippen molar-refractivity contribution >= 4 is 5.91 Å². The molecule has 17 heavy (non-hydrogen) atoms. The van der Waals surface area contributed by atoms with Crippen molar-refractivity contribution in [1.82, 2.24) is 10.2 Å². The average Bonchev–Trinajstić information content (AvgIpc) is 2.34. The van der Waals surface area contributed by atoms with Crippen molar-refractivity contribution in [2.24, 2.45) is 5.92 Å². The molecule has 0 aromatic rings. The molecule has 1 amide bonds. The first kappa shape index (κ1) is 14.5. The number of amides is 1. The topological polar surface area (TPSA) is 41.6 Å². The van der Waals surface area contributed by atoms with E-state index in [1.807, 2.05) is 11.8 Å². The van der Waals surface area contributed by atoms with Crippen molar-refractivity contribution in [2.45, 2.75) is 39.7 Å². The molecule has 0 atom stereocenters. The van der Waals surface area contributed by atoms with E-state index in [0.717, 1.165) is 39.1 Å². The highest BCUT2D eigenvalue weighted by molar-refractivity contribution is 5.78. The van der Waals surface area contributed by atoms with Crippen molar-refractivity contribution in [3.05, 3.63) is 0 Å². The summed E-state index contributed by atoms with van der Waals surface area (Å²) in [5.74, 6) is 0.857. The van der Waals surface area contributed by atoms with E-state index in [1.54, 1.807) is 0 Å². The van der Waals surface area contributed by atoms with E-state index in [1.165, 1.54) is 0 Å². The van der Waals surface area contributed by atoms with Gasteiger partial charge in [0.25, 0.3) is 0 Å². The maximum atomic E-state index is 11.8. The Morgan fingerprint density at radius 1 is 1.41 bits per heavy atom. The molecule has 0 saturated carbocycles. The standard InChI is InChI=1S/C13H26N2O2/c1-4-14-9-13(16)15-7-5-12(6-8-15)10-17-11(2)3/h11-12,14H,4-10H2,1-3H3. The van der Waals surface area contributed by atoms with Crippen LogP contribution < -0.4 is 5.32 Å². The molecule has 4 heteroatoms. The minimum absolute atomic E-state index is 0.232. The molecule has 0 spiro atoms. The van der Waals surface area contributed by atoms with Crippen molar-refractivity contribution in [2.75, 3.05) is 32.8 Å². The van der Waals surface area contributed by atoms with Crippen LogP contribution >= 0.6 is 0 Å². The lowest BCUT2D eigenvalue weighted by atomic mass is 9.98. The van der Waals surface area contributed by atoms with Crippen LogP contribution in [0.2, 0.25) is 0 Å². The Balaban J connectivity index is 2.18. The number of piperidine rings is 1. The minimum atomic E-state index is 0.232. The normalized spacial score (nSPS) is 17.8. The maximum absolute atomic E-state index is 11.8. The van der Waals surface area contributed by atoms with Gasteiger partial charge in [0.05, 0.1) is 12.6 Å². The molecular formula is C13H26N2O2. The Kier molecular flexibility index (Phi) is 6.52. The van der Waals surface area contributed by atoms with Gasteiger partial charge >= 0.3 is 0 Å². The highest BCUT2D eigenvalue weighted by Crippen LogP contribution is 2.17. The zero-order valence-electron chi connectivity index (χ0n) is 11.4. The van der Waals surface area contributed by atoms with Crippen LogP contribution in [0, 0.1) is 5.92 Å². The molecule has 0 radical (unpaired) electrons. The monoisotopic (exact) mass is 242 g/mol. The minimum Gasteiger partial charge on any atom is -0.379 e. The van der Waals surface area contributed by atoms with Crippen molar-refractivity contribution in [1.29, 1.82) is 0 Å². The molecule has 1 saturated heterocycles. The van der Waals surface area contributed by atoms with Crippen molar-refractivity contribution in [3.63, 3.8) is 0 Å². The number of hydrogen-bond acceptors (Lipinski definition) is 3. The van der Waals surface area contributed by atoms with Crippen LogP contribution in [-0.2, 0) is 9.53 Å². The third-order valence-electron chi connectivity index (χ3n) is 3.16. The van der Waals surface area contributed by atoms with Crippen LogP contribution in [0.15, 0.2) is 0 Å². The summed E-state index contributed by atoms with van der Waals surface area (Å²) in [6.07, 6.45) is 2.46. The van der Waals surface area contributed by atoms with Gasteiger partial charge in [0, 0.05) is 19.7 Å². The molecule has 0 unspecified atom stereocenters. The molecule has 4 nitrogen and oxygen atoms in total. The predicted molar refractivity (Wildman–Crippen MR) is 68.9 cm³/mol. The van der Waals surface area contributed by atoms with Crippen LogP contribution in [0.5, 0.6) is 0 Å². The summed E-state index contributed by atoms with van der Waals surface area (Å²) in [5, 5.41) is 3.08. The quantitative estimate of drug-likeness (QED) is 0.762. The number of nitrogens with zero attached hydrogens (tertiary/aromatic N) is 1. The summed E-state index contributed by atoms with van der Waals surface area (Å²) in [6.45, 7) is 10.1. The van der Waals surface area contributed by atoms with Gasteiger partial charge in [-0.15, -0.1) is 0 Å². The van der Waals surface area contributed by atoms with Gasteiger partial charge in [-0.3, -0.25) is 4.79 Å². The van der Waals surface area contributed by atoms with Gasteiger partial charge in [-0.25, -0.2) is 0 Å². The molecule has 0 aliphatic carbocycles. The third-order valence-corrected chi connectivity index (χ3v) is 3.16. The van der Waals surface area contributed by atoms with Crippen LogP contribution in [0.4, 0.5) is 0 Å². The van der Waals surface area contributed by atoms with Gasteiger partial charge in [0.2, 0.25) is 5.91 Å². The fraction of sp³-hybridized carbons (Fsp3) is 0.923. The van der Waals surface area contributed by atoms with Gasteiger partial charge in [0.15, 0.2) is 0 Å². The Morgan fingerprint density at radius 2 is 2.06 bits per heavy atom. The fourth-order valence-electron chi connectivity index (χ4n) is 2.02. The molecule has 100 valence electrons. The first-order valence-corrected chi connectivity index (χ1v) is 6.73. The number of rotatable bonds is 6. The molecule has 1 fully saturated rings. The molecule has 1 heterocycles. The first-order valence-electron chi connectivity index (χ1n) is 6.73.